The van der Waals surface area contributed by atoms with Crippen LogP contribution in [-0.4, -0.2) is 22.5 Å². The van der Waals surface area contributed by atoms with Crippen molar-refractivity contribution in [1.29, 1.82) is 0 Å². The van der Waals surface area contributed by atoms with E-state index in [1.54, 1.807) is 11.4 Å². The highest BCUT2D eigenvalue weighted by atomic mass is 32.1. The fourth-order valence-corrected chi connectivity index (χ4v) is 3.46. The van der Waals surface area contributed by atoms with E-state index >= 15 is 0 Å². The number of carbonyl (C=O) groups is 1. The SMILES string of the molecule is O=C(O)C1CCCCC1CNCc1csc([N+](=O)[O-])c1. The lowest BCUT2D eigenvalue weighted by atomic mass is 9.79. The van der Waals surface area contributed by atoms with E-state index in [4.69, 9.17) is 0 Å². The Hall–Kier alpha value is -1.47. The fourth-order valence-electron chi connectivity index (χ4n) is 2.73. The van der Waals surface area contributed by atoms with Crippen molar-refractivity contribution >= 4 is 22.3 Å². The van der Waals surface area contributed by atoms with Gasteiger partial charge in [-0.25, -0.2) is 0 Å². The molecule has 0 amide bonds. The molecule has 1 fully saturated rings. The molecule has 2 rings (SSSR count). The summed E-state index contributed by atoms with van der Waals surface area (Å²) in [5, 5.41) is 24.9. The van der Waals surface area contributed by atoms with E-state index in [0.29, 0.717) is 13.1 Å². The molecule has 0 saturated heterocycles. The quantitative estimate of drug-likeness (QED) is 0.622. The predicted molar refractivity (Wildman–Crippen MR) is 75.8 cm³/mol. The summed E-state index contributed by atoms with van der Waals surface area (Å²) in [6.07, 6.45) is 3.77. The predicted octanol–water partition coefficient (Wildman–Crippen LogP) is 2.64. The molecule has 1 saturated carbocycles. The van der Waals surface area contributed by atoms with E-state index in [2.05, 4.69) is 5.32 Å². The number of aliphatic carboxylic acids is 1. The summed E-state index contributed by atoms with van der Waals surface area (Å²) in [6.45, 7) is 1.20. The summed E-state index contributed by atoms with van der Waals surface area (Å²) in [5.41, 5.74) is 0.879. The third kappa shape index (κ3) is 3.77. The Morgan fingerprint density at radius 1 is 1.50 bits per heavy atom. The number of hydrogen-bond acceptors (Lipinski definition) is 5. The molecule has 0 aromatic carbocycles. The van der Waals surface area contributed by atoms with Gasteiger partial charge < -0.3 is 10.4 Å². The number of nitrogens with zero attached hydrogens (tertiary/aromatic N) is 1. The molecule has 2 N–H and O–H groups in total. The van der Waals surface area contributed by atoms with Crippen LogP contribution < -0.4 is 5.32 Å². The molecule has 1 aliphatic rings. The maximum atomic E-state index is 11.2. The standard InChI is InChI=1S/C13H18N2O4S/c16-13(17)11-4-2-1-3-10(11)7-14-6-9-5-12(15(18)19)20-8-9/h5,8,10-11,14H,1-4,6-7H2,(H,16,17). The first-order valence-electron chi connectivity index (χ1n) is 6.73. The van der Waals surface area contributed by atoms with Crippen molar-refractivity contribution in [1.82, 2.24) is 5.32 Å². The monoisotopic (exact) mass is 298 g/mol. The van der Waals surface area contributed by atoms with Crippen LogP contribution in [0.2, 0.25) is 0 Å². The molecule has 7 heteroatoms. The number of nitrogens with one attached hydrogen (secondary N) is 1. The molecule has 0 spiro atoms. The zero-order valence-electron chi connectivity index (χ0n) is 11.1. The summed E-state index contributed by atoms with van der Waals surface area (Å²) in [6, 6.07) is 1.56. The largest absolute Gasteiger partial charge is 0.481 e. The molecule has 2 unspecified atom stereocenters. The first kappa shape index (κ1) is 14.9. The van der Waals surface area contributed by atoms with Gasteiger partial charge in [-0.05, 0) is 30.9 Å². The molecule has 1 aliphatic carbocycles. The minimum absolute atomic E-state index is 0.142. The van der Waals surface area contributed by atoms with Gasteiger partial charge in [0.15, 0.2) is 0 Å². The lowest BCUT2D eigenvalue weighted by Crippen LogP contribution is -2.34. The highest BCUT2D eigenvalue weighted by Gasteiger charge is 2.30. The van der Waals surface area contributed by atoms with Gasteiger partial charge in [-0.15, -0.1) is 0 Å². The van der Waals surface area contributed by atoms with Crippen LogP contribution in [0.3, 0.4) is 0 Å². The van der Waals surface area contributed by atoms with E-state index in [9.17, 15) is 20.0 Å². The molecule has 0 radical (unpaired) electrons. The smallest absolute Gasteiger partial charge is 0.324 e. The average molecular weight is 298 g/mol. The molecule has 110 valence electrons. The number of rotatable bonds is 6. The normalized spacial score (nSPS) is 22.6. The van der Waals surface area contributed by atoms with E-state index in [1.807, 2.05) is 0 Å². The number of carboxylic acid groups (broad SMARTS) is 1. The van der Waals surface area contributed by atoms with Gasteiger partial charge in [0.05, 0.1) is 10.8 Å². The maximum absolute atomic E-state index is 11.2. The Morgan fingerprint density at radius 3 is 2.90 bits per heavy atom. The minimum Gasteiger partial charge on any atom is -0.481 e. The topological polar surface area (TPSA) is 92.5 Å². The van der Waals surface area contributed by atoms with Crippen molar-refractivity contribution < 1.29 is 14.8 Å². The molecule has 1 aromatic heterocycles. The molecule has 1 heterocycles. The molecule has 6 nitrogen and oxygen atoms in total. The first-order chi connectivity index (χ1) is 9.58. The van der Waals surface area contributed by atoms with Crippen LogP contribution >= 0.6 is 11.3 Å². The van der Waals surface area contributed by atoms with Gasteiger partial charge in [-0.2, -0.15) is 0 Å². The summed E-state index contributed by atoms with van der Waals surface area (Å²) in [7, 11) is 0. The zero-order chi connectivity index (χ0) is 14.5. The van der Waals surface area contributed by atoms with Gasteiger partial charge in [0.25, 0.3) is 0 Å². The Bertz CT molecular complexity index is 488. The third-order valence-corrected chi connectivity index (χ3v) is 4.71. The van der Waals surface area contributed by atoms with Crippen molar-refractivity contribution in [3.63, 3.8) is 0 Å². The van der Waals surface area contributed by atoms with Crippen molar-refractivity contribution in [2.24, 2.45) is 11.8 Å². The lowest BCUT2D eigenvalue weighted by molar-refractivity contribution is -0.380. The third-order valence-electron chi connectivity index (χ3n) is 3.78. The number of carboxylic acids is 1. The highest BCUT2D eigenvalue weighted by molar-refractivity contribution is 7.13. The Morgan fingerprint density at radius 2 is 2.25 bits per heavy atom. The van der Waals surface area contributed by atoms with Gasteiger partial charge >= 0.3 is 11.0 Å². The summed E-state index contributed by atoms with van der Waals surface area (Å²) in [4.78, 5) is 21.4. The first-order valence-corrected chi connectivity index (χ1v) is 7.61. The summed E-state index contributed by atoms with van der Waals surface area (Å²) < 4.78 is 0. The van der Waals surface area contributed by atoms with Crippen molar-refractivity contribution in [2.45, 2.75) is 32.2 Å². The minimum atomic E-state index is -0.706. The van der Waals surface area contributed by atoms with E-state index in [1.165, 1.54) is 0 Å². The van der Waals surface area contributed by atoms with Crippen LogP contribution in [0.25, 0.3) is 0 Å². The highest BCUT2D eigenvalue weighted by Crippen LogP contribution is 2.30. The van der Waals surface area contributed by atoms with Crippen molar-refractivity contribution in [2.75, 3.05) is 6.54 Å². The second kappa shape index (κ2) is 6.81. The summed E-state index contributed by atoms with van der Waals surface area (Å²) in [5.74, 6) is -0.800. The molecular formula is C13H18N2O4S. The second-order valence-electron chi connectivity index (χ2n) is 5.17. The molecule has 20 heavy (non-hydrogen) atoms. The van der Waals surface area contributed by atoms with E-state index < -0.39 is 10.9 Å². The van der Waals surface area contributed by atoms with Crippen LogP contribution in [0, 0.1) is 22.0 Å². The van der Waals surface area contributed by atoms with E-state index in [-0.39, 0.29) is 16.8 Å². The van der Waals surface area contributed by atoms with Crippen LogP contribution in [0.15, 0.2) is 11.4 Å². The summed E-state index contributed by atoms with van der Waals surface area (Å²) >= 11 is 1.12. The molecular weight excluding hydrogens is 280 g/mol. The number of hydrogen-bond donors (Lipinski definition) is 2. The van der Waals surface area contributed by atoms with Crippen LogP contribution in [0.4, 0.5) is 5.00 Å². The molecule has 0 aliphatic heterocycles. The van der Waals surface area contributed by atoms with Crippen molar-refractivity contribution in [3.05, 3.63) is 27.1 Å². The van der Waals surface area contributed by atoms with Crippen molar-refractivity contribution in [3.8, 4) is 0 Å². The second-order valence-corrected chi connectivity index (χ2v) is 6.06. The van der Waals surface area contributed by atoms with Gasteiger partial charge in [0.2, 0.25) is 0 Å². The van der Waals surface area contributed by atoms with Crippen LogP contribution in [0.1, 0.15) is 31.2 Å². The van der Waals surface area contributed by atoms with Gasteiger partial charge in [-0.3, -0.25) is 14.9 Å². The fraction of sp³-hybridized carbons (Fsp3) is 0.615. The lowest BCUT2D eigenvalue weighted by Gasteiger charge is -2.28. The maximum Gasteiger partial charge on any atom is 0.324 e. The number of nitro groups is 1. The van der Waals surface area contributed by atoms with Crippen LogP contribution in [-0.2, 0) is 11.3 Å². The van der Waals surface area contributed by atoms with Gasteiger partial charge in [0, 0.05) is 18.0 Å². The van der Waals surface area contributed by atoms with Gasteiger partial charge in [0.1, 0.15) is 0 Å². The van der Waals surface area contributed by atoms with Crippen LogP contribution in [0.5, 0.6) is 0 Å². The molecule has 1 aromatic rings. The van der Waals surface area contributed by atoms with Gasteiger partial charge in [-0.1, -0.05) is 24.2 Å². The molecule has 0 bridgehead atoms. The Kier molecular flexibility index (Phi) is 5.08. The average Bonchev–Trinajstić information content (AvgIpc) is 2.88. The van der Waals surface area contributed by atoms with E-state index in [0.717, 1.165) is 42.6 Å². The Labute approximate surface area is 121 Å². The molecule has 2 atom stereocenters. The number of thiophene rings is 1. The Balaban J connectivity index is 1.81. The zero-order valence-corrected chi connectivity index (χ0v) is 11.9.